The predicted octanol–water partition coefficient (Wildman–Crippen LogP) is 1.48. The average Bonchev–Trinajstić information content (AvgIpc) is 3.09. The fraction of sp³-hybridized carbons (Fsp3) is 0.238. The zero-order valence-electron chi connectivity index (χ0n) is 16.3. The highest BCUT2D eigenvalue weighted by molar-refractivity contribution is 6.11. The van der Waals surface area contributed by atoms with Gasteiger partial charge in [-0.05, 0) is 30.3 Å². The van der Waals surface area contributed by atoms with Crippen LogP contribution >= 0.6 is 0 Å². The molecular formula is C21H20FN5O3. The van der Waals surface area contributed by atoms with Crippen molar-refractivity contribution in [2.75, 3.05) is 31.6 Å². The van der Waals surface area contributed by atoms with Crippen LogP contribution in [-0.2, 0) is 16.0 Å². The summed E-state index contributed by atoms with van der Waals surface area (Å²) in [5.41, 5.74) is 2.05. The maximum atomic E-state index is 13.3. The monoisotopic (exact) mass is 409 g/mol. The molecule has 0 atom stereocenters. The van der Waals surface area contributed by atoms with Crippen LogP contribution in [0.3, 0.4) is 0 Å². The fourth-order valence-electron chi connectivity index (χ4n) is 3.44. The van der Waals surface area contributed by atoms with Gasteiger partial charge in [0.2, 0.25) is 11.8 Å². The van der Waals surface area contributed by atoms with Crippen LogP contribution < -0.4 is 10.2 Å². The lowest BCUT2D eigenvalue weighted by molar-refractivity contribution is -0.123. The number of nitrogens with one attached hydrogen (secondary N) is 2. The summed E-state index contributed by atoms with van der Waals surface area (Å²) in [5.74, 6) is -0.664. The Hall–Kier alpha value is -3.75. The molecule has 0 aliphatic carbocycles. The highest BCUT2D eigenvalue weighted by atomic mass is 19.1. The van der Waals surface area contributed by atoms with Crippen LogP contribution in [-0.4, -0.2) is 59.3 Å². The number of likely N-dealkylation sites (N-methyl/N-ethyl adjacent to an activating group) is 1. The Morgan fingerprint density at radius 2 is 2.03 bits per heavy atom. The van der Waals surface area contributed by atoms with Crippen LogP contribution in [0.2, 0.25) is 0 Å². The number of fused-ring (bicyclic) bond motifs is 2. The Kier molecular flexibility index (Phi) is 5.18. The van der Waals surface area contributed by atoms with Gasteiger partial charge in [-0.2, -0.15) is 0 Å². The number of carbonyl (C=O) groups excluding carboxylic acids is 3. The molecule has 2 heterocycles. The van der Waals surface area contributed by atoms with Gasteiger partial charge in [0.05, 0.1) is 22.3 Å². The van der Waals surface area contributed by atoms with Crippen molar-refractivity contribution >= 4 is 34.4 Å². The second kappa shape index (κ2) is 7.94. The van der Waals surface area contributed by atoms with Gasteiger partial charge in [0.15, 0.2) is 0 Å². The van der Waals surface area contributed by atoms with E-state index in [1.54, 1.807) is 37.4 Å². The van der Waals surface area contributed by atoms with Gasteiger partial charge in [-0.1, -0.05) is 12.1 Å². The molecule has 1 aliphatic heterocycles. The van der Waals surface area contributed by atoms with Gasteiger partial charge in [0.25, 0.3) is 5.91 Å². The summed E-state index contributed by atoms with van der Waals surface area (Å²) in [7, 11) is 1.56. The standard InChI is InChI=1S/C21H20FN5O3/c1-26-12-20(29)27(17-5-3-2-4-14(17)21(26)30)11-19(28)23-9-8-18-24-15-7-6-13(22)10-16(15)25-18/h2-7,10H,8-9,11-12H2,1H3,(H,23,28)(H,24,25). The molecule has 9 heteroatoms. The van der Waals surface area contributed by atoms with E-state index in [1.807, 2.05) is 0 Å². The van der Waals surface area contributed by atoms with Crippen molar-refractivity contribution in [2.45, 2.75) is 6.42 Å². The third-order valence-corrected chi connectivity index (χ3v) is 4.92. The van der Waals surface area contributed by atoms with Crippen LogP contribution in [0.25, 0.3) is 11.0 Å². The molecule has 4 rings (SSSR count). The number of para-hydroxylation sites is 1. The minimum atomic E-state index is -0.350. The van der Waals surface area contributed by atoms with Crippen LogP contribution in [0.1, 0.15) is 16.2 Å². The van der Waals surface area contributed by atoms with Gasteiger partial charge < -0.3 is 20.1 Å². The number of rotatable bonds is 5. The van der Waals surface area contributed by atoms with E-state index in [0.29, 0.717) is 41.1 Å². The van der Waals surface area contributed by atoms with Crippen molar-refractivity contribution in [2.24, 2.45) is 0 Å². The predicted molar refractivity (Wildman–Crippen MR) is 109 cm³/mol. The van der Waals surface area contributed by atoms with Crippen molar-refractivity contribution < 1.29 is 18.8 Å². The first kappa shape index (κ1) is 19.6. The highest BCUT2D eigenvalue weighted by Gasteiger charge is 2.30. The van der Waals surface area contributed by atoms with Gasteiger partial charge in [-0.25, -0.2) is 9.37 Å². The number of nitrogens with zero attached hydrogens (tertiary/aromatic N) is 3. The molecule has 0 bridgehead atoms. The van der Waals surface area contributed by atoms with E-state index in [2.05, 4.69) is 15.3 Å². The van der Waals surface area contributed by atoms with E-state index < -0.39 is 0 Å². The zero-order valence-corrected chi connectivity index (χ0v) is 16.3. The van der Waals surface area contributed by atoms with E-state index in [9.17, 15) is 18.8 Å². The molecule has 0 saturated carbocycles. The molecule has 0 spiro atoms. The van der Waals surface area contributed by atoms with E-state index >= 15 is 0 Å². The molecule has 0 unspecified atom stereocenters. The lowest BCUT2D eigenvalue weighted by Crippen LogP contribution is -2.43. The molecule has 0 radical (unpaired) electrons. The summed E-state index contributed by atoms with van der Waals surface area (Å²) in [6.45, 7) is 0.00228. The number of hydrogen-bond acceptors (Lipinski definition) is 4. The zero-order chi connectivity index (χ0) is 21.3. The number of anilines is 1. The largest absolute Gasteiger partial charge is 0.354 e. The average molecular weight is 409 g/mol. The van der Waals surface area contributed by atoms with E-state index in [0.717, 1.165) is 0 Å². The van der Waals surface area contributed by atoms with Crippen molar-refractivity contribution in [3.8, 4) is 0 Å². The minimum Gasteiger partial charge on any atom is -0.354 e. The molecule has 1 aliphatic rings. The molecule has 3 amide bonds. The molecule has 8 nitrogen and oxygen atoms in total. The Labute approximate surface area is 171 Å². The maximum absolute atomic E-state index is 13.3. The first-order valence-corrected chi connectivity index (χ1v) is 9.48. The summed E-state index contributed by atoms with van der Waals surface area (Å²) in [6.07, 6.45) is 0.424. The van der Waals surface area contributed by atoms with Gasteiger partial charge >= 0.3 is 0 Å². The highest BCUT2D eigenvalue weighted by Crippen LogP contribution is 2.24. The topological polar surface area (TPSA) is 98.4 Å². The van der Waals surface area contributed by atoms with E-state index in [4.69, 9.17) is 0 Å². The summed E-state index contributed by atoms with van der Waals surface area (Å²) < 4.78 is 13.3. The van der Waals surface area contributed by atoms with Gasteiger partial charge in [-0.15, -0.1) is 0 Å². The Balaban J connectivity index is 1.41. The van der Waals surface area contributed by atoms with Crippen LogP contribution in [0.4, 0.5) is 10.1 Å². The SMILES string of the molecule is CN1CC(=O)N(CC(=O)NCCc2nc3ccc(F)cc3[nH]2)c2ccccc2C1=O. The summed E-state index contributed by atoms with van der Waals surface area (Å²) in [5, 5.41) is 2.76. The molecule has 30 heavy (non-hydrogen) atoms. The molecule has 154 valence electrons. The molecule has 2 N–H and O–H groups in total. The van der Waals surface area contributed by atoms with Gasteiger partial charge in [0, 0.05) is 20.0 Å². The van der Waals surface area contributed by atoms with Crippen molar-refractivity contribution in [3.05, 3.63) is 59.7 Å². The molecule has 1 aromatic heterocycles. The molecule has 0 saturated heterocycles. The third kappa shape index (κ3) is 3.86. The lowest BCUT2D eigenvalue weighted by Gasteiger charge is -2.21. The quantitative estimate of drug-likeness (QED) is 0.667. The van der Waals surface area contributed by atoms with Crippen molar-refractivity contribution in [1.29, 1.82) is 0 Å². The van der Waals surface area contributed by atoms with Gasteiger partial charge in [0.1, 0.15) is 24.7 Å². The molecule has 0 fully saturated rings. The normalized spacial score (nSPS) is 14.1. The number of carbonyl (C=O) groups is 3. The third-order valence-electron chi connectivity index (χ3n) is 4.92. The number of aromatic nitrogens is 2. The number of benzene rings is 2. The van der Waals surface area contributed by atoms with Crippen molar-refractivity contribution in [3.63, 3.8) is 0 Å². The van der Waals surface area contributed by atoms with Crippen LogP contribution in [0, 0.1) is 5.82 Å². The second-order valence-electron chi connectivity index (χ2n) is 7.10. The number of aromatic amines is 1. The number of H-pyrrole nitrogens is 1. The molecule has 3 aromatic rings. The number of amides is 3. The number of hydrogen-bond donors (Lipinski definition) is 2. The summed E-state index contributed by atoms with van der Waals surface area (Å²) >= 11 is 0. The maximum Gasteiger partial charge on any atom is 0.256 e. The summed E-state index contributed by atoms with van der Waals surface area (Å²) in [4.78, 5) is 47.6. The van der Waals surface area contributed by atoms with Crippen LogP contribution in [0.5, 0.6) is 0 Å². The van der Waals surface area contributed by atoms with E-state index in [-0.39, 0.29) is 36.6 Å². The molecular weight excluding hydrogens is 389 g/mol. The van der Waals surface area contributed by atoms with Crippen LogP contribution in [0.15, 0.2) is 42.5 Å². The first-order chi connectivity index (χ1) is 14.4. The molecule has 2 aromatic carbocycles. The Morgan fingerprint density at radius 1 is 1.23 bits per heavy atom. The smallest absolute Gasteiger partial charge is 0.256 e. The van der Waals surface area contributed by atoms with Crippen molar-refractivity contribution in [1.82, 2.24) is 20.2 Å². The Bertz CT molecular complexity index is 1140. The number of halogens is 1. The fourth-order valence-corrected chi connectivity index (χ4v) is 3.44. The summed E-state index contributed by atoms with van der Waals surface area (Å²) in [6, 6.07) is 11.0. The lowest BCUT2D eigenvalue weighted by atomic mass is 10.1. The minimum absolute atomic E-state index is 0.101. The van der Waals surface area contributed by atoms with E-state index in [1.165, 1.54) is 21.9 Å². The Morgan fingerprint density at radius 3 is 2.87 bits per heavy atom. The first-order valence-electron chi connectivity index (χ1n) is 9.48. The second-order valence-corrected chi connectivity index (χ2v) is 7.10. The van der Waals surface area contributed by atoms with Gasteiger partial charge in [-0.3, -0.25) is 14.4 Å². The number of imidazole rings is 1.